The molecule has 4 heteroatoms. The zero-order valence-electron chi connectivity index (χ0n) is 11.5. The molecule has 0 saturated heterocycles. The van der Waals surface area contributed by atoms with Gasteiger partial charge in [0.2, 0.25) is 0 Å². The molecule has 1 aromatic rings. The maximum atomic E-state index is 10.5. The zero-order chi connectivity index (χ0) is 14.1. The molecule has 1 aromatic carbocycles. The molecule has 0 aromatic heterocycles. The van der Waals surface area contributed by atoms with E-state index >= 15 is 0 Å². The van der Waals surface area contributed by atoms with Gasteiger partial charge in [0, 0.05) is 5.56 Å². The molecule has 1 heterocycles. The molecule has 2 atom stereocenters. The second-order valence-corrected chi connectivity index (χ2v) is 5.84. The average Bonchev–Trinajstić information content (AvgIpc) is 3.08. The number of amidine groups is 1. The smallest absolute Gasteiger partial charge is 0.134 e. The maximum Gasteiger partial charge on any atom is 0.134 e. The van der Waals surface area contributed by atoms with Gasteiger partial charge in [-0.15, -0.1) is 0 Å². The van der Waals surface area contributed by atoms with Crippen LogP contribution in [0.5, 0.6) is 0 Å². The molecular weight excluding hydrogens is 250 g/mol. The molecule has 1 fully saturated rings. The van der Waals surface area contributed by atoms with Crippen LogP contribution in [0.2, 0.25) is 0 Å². The highest BCUT2D eigenvalue weighted by molar-refractivity contribution is 6.06. The van der Waals surface area contributed by atoms with Crippen LogP contribution >= 0.6 is 0 Å². The first-order chi connectivity index (χ1) is 9.72. The molecule has 4 nitrogen and oxygen atoms in total. The van der Waals surface area contributed by atoms with Crippen molar-refractivity contribution in [3.05, 3.63) is 35.4 Å². The Morgan fingerprint density at radius 2 is 2.00 bits per heavy atom. The minimum atomic E-state index is -0.330. The maximum absolute atomic E-state index is 10.5. The molecule has 0 radical (unpaired) electrons. The summed E-state index contributed by atoms with van der Waals surface area (Å²) in [5.41, 5.74) is 1.96. The largest absolute Gasteiger partial charge is 0.393 e. The second-order valence-electron chi connectivity index (χ2n) is 5.84. The van der Waals surface area contributed by atoms with Crippen LogP contribution in [-0.4, -0.2) is 28.3 Å². The zero-order valence-corrected chi connectivity index (χ0v) is 11.5. The molecule has 0 amide bonds. The van der Waals surface area contributed by atoms with E-state index in [2.05, 4.69) is 0 Å². The van der Waals surface area contributed by atoms with Gasteiger partial charge in [-0.3, -0.25) is 10.8 Å². The average molecular weight is 271 g/mol. The second kappa shape index (κ2) is 5.37. The van der Waals surface area contributed by atoms with Gasteiger partial charge < -0.3 is 10.0 Å². The Bertz CT molecular complexity index is 522. The van der Waals surface area contributed by atoms with Crippen LogP contribution in [0.15, 0.2) is 24.3 Å². The van der Waals surface area contributed by atoms with E-state index in [0.29, 0.717) is 18.2 Å². The molecule has 3 N–H and O–H groups in total. The predicted molar refractivity (Wildman–Crippen MR) is 79.2 cm³/mol. The van der Waals surface area contributed by atoms with Crippen molar-refractivity contribution in [2.24, 2.45) is 5.92 Å². The first-order valence-electron chi connectivity index (χ1n) is 7.37. The highest BCUT2D eigenvalue weighted by Crippen LogP contribution is 2.38. The summed E-state index contributed by atoms with van der Waals surface area (Å²) in [4.78, 5) is 1.67. The van der Waals surface area contributed by atoms with Crippen molar-refractivity contribution in [3.63, 3.8) is 0 Å². The molecule has 2 unspecified atom stereocenters. The summed E-state index contributed by atoms with van der Waals surface area (Å²) in [7, 11) is 0. The van der Waals surface area contributed by atoms with E-state index in [4.69, 9.17) is 10.8 Å². The van der Waals surface area contributed by atoms with Gasteiger partial charge in [0.05, 0.1) is 18.5 Å². The number of rotatable bonds is 4. The normalized spacial score (nSPS) is 23.9. The fourth-order valence-electron chi connectivity index (χ4n) is 3.61. The van der Waals surface area contributed by atoms with Gasteiger partial charge in [0.15, 0.2) is 0 Å². The third-order valence-corrected chi connectivity index (χ3v) is 4.72. The number of benzene rings is 1. The number of hydrogen-bond donors (Lipinski definition) is 3. The van der Waals surface area contributed by atoms with Crippen LogP contribution in [-0.2, 0) is 0 Å². The van der Waals surface area contributed by atoms with Crippen LogP contribution in [0, 0.1) is 16.7 Å². The molecule has 3 rings (SSSR count). The van der Waals surface area contributed by atoms with Crippen molar-refractivity contribution < 1.29 is 5.11 Å². The fraction of sp³-hybridized carbons (Fsp3) is 0.500. The van der Waals surface area contributed by atoms with Crippen LogP contribution in [0.4, 0.5) is 0 Å². The topological polar surface area (TPSA) is 71.2 Å². The first-order valence-corrected chi connectivity index (χ1v) is 7.37. The van der Waals surface area contributed by atoms with Crippen LogP contribution in [0.1, 0.15) is 49.3 Å². The minimum absolute atomic E-state index is 0.0631. The Morgan fingerprint density at radius 3 is 2.70 bits per heavy atom. The highest BCUT2D eigenvalue weighted by Gasteiger charge is 2.36. The third kappa shape index (κ3) is 2.14. The summed E-state index contributed by atoms with van der Waals surface area (Å²) in [5, 5.41) is 26.2. The van der Waals surface area contributed by atoms with Gasteiger partial charge in [-0.1, -0.05) is 37.1 Å². The van der Waals surface area contributed by atoms with Crippen molar-refractivity contribution in [2.45, 2.75) is 44.2 Å². The van der Waals surface area contributed by atoms with E-state index in [1.807, 2.05) is 24.3 Å². The Morgan fingerprint density at radius 1 is 1.30 bits per heavy atom. The Hall–Kier alpha value is -1.68. The highest BCUT2D eigenvalue weighted by atomic mass is 16.3. The first kappa shape index (κ1) is 13.3. The van der Waals surface area contributed by atoms with Crippen molar-refractivity contribution >= 4 is 12.2 Å². The van der Waals surface area contributed by atoms with E-state index in [1.165, 1.54) is 19.2 Å². The molecule has 1 aliphatic carbocycles. The van der Waals surface area contributed by atoms with Crippen molar-refractivity contribution in [3.8, 4) is 0 Å². The lowest BCUT2D eigenvalue weighted by atomic mass is 9.92. The molecular formula is C16H21N3O. The minimum Gasteiger partial charge on any atom is -0.393 e. The Labute approximate surface area is 119 Å². The quantitative estimate of drug-likeness (QED) is 0.582. The summed E-state index contributed by atoms with van der Waals surface area (Å²) < 4.78 is 0. The van der Waals surface area contributed by atoms with Gasteiger partial charge >= 0.3 is 0 Å². The number of fused-ring (bicyclic) bond motifs is 1. The van der Waals surface area contributed by atoms with E-state index in [1.54, 1.807) is 4.90 Å². The summed E-state index contributed by atoms with van der Waals surface area (Å²) in [6.45, 7) is 0. The van der Waals surface area contributed by atoms with Crippen molar-refractivity contribution in [2.75, 3.05) is 0 Å². The lowest BCUT2D eigenvalue weighted by Gasteiger charge is -2.27. The number of nitrogens with one attached hydrogen (secondary N) is 2. The van der Waals surface area contributed by atoms with Crippen LogP contribution in [0.25, 0.3) is 0 Å². The standard InChI is InChI=1S/C16H21N3O/c17-10-19-14(9-15(20)11-5-1-2-6-11)12-7-3-4-8-13(12)16(19)18/h3-4,7-8,10-11,14-15,17-18,20H,1-2,5-6,9H2. The SMILES string of the molecule is N=CN1C(=N)c2ccccc2C1CC(O)C1CCCC1. The summed E-state index contributed by atoms with van der Waals surface area (Å²) in [5.74, 6) is 0.767. The van der Waals surface area contributed by atoms with Gasteiger partial charge in [0.25, 0.3) is 0 Å². The number of hydrogen-bond acceptors (Lipinski definition) is 3. The van der Waals surface area contributed by atoms with Gasteiger partial charge in [-0.25, -0.2) is 0 Å². The Kier molecular flexibility index (Phi) is 3.57. The molecule has 106 valence electrons. The van der Waals surface area contributed by atoms with Crippen molar-refractivity contribution in [1.29, 1.82) is 10.8 Å². The van der Waals surface area contributed by atoms with Crippen molar-refractivity contribution in [1.82, 2.24) is 4.90 Å². The van der Waals surface area contributed by atoms with Gasteiger partial charge in [0.1, 0.15) is 5.84 Å². The third-order valence-electron chi connectivity index (χ3n) is 4.72. The van der Waals surface area contributed by atoms with Gasteiger partial charge in [-0.05, 0) is 30.7 Å². The molecule has 0 bridgehead atoms. The summed E-state index contributed by atoms with van der Waals surface area (Å²) in [6, 6.07) is 7.77. The van der Waals surface area contributed by atoms with E-state index < -0.39 is 0 Å². The Balaban J connectivity index is 1.83. The van der Waals surface area contributed by atoms with E-state index in [0.717, 1.165) is 24.0 Å². The molecule has 0 spiro atoms. The summed E-state index contributed by atoms with van der Waals surface area (Å²) >= 11 is 0. The molecule has 1 aliphatic heterocycles. The molecule has 20 heavy (non-hydrogen) atoms. The monoisotopic (exact) mass is 271 g/mol. The number of aliphatic hydroxyl groups excluding tert-OH is 1. The lowest BCUT2D eigenvalue weighted by molar-refractivity contribution is 0.0858. The summed E-state index contributed by atoms with van der Waals surface area (Å²) in [6.07, 6.45) is 6.15. The van der Waals surface area contributed by atoms with Crippen LogP contribution < -0.4 is 0 Å². The molecule has 1 saturated carbocycles. The number of nitrogens with zero attached hydrogens (tertiary/aromatic N) is 1. The van der Waals surface area contributed by atoms with E-state index in [-0.39, 0.29) is 12.1 Å². The van der Waals surface area contributed by atoms with Gasteiger partial charge in [-0.2, -0.15) is 0 Å². The molecule has 2 aliphatic rings. The number of aliphatic hydroxyl groups is 1. The predicted octanol–water partition coefficient (Wildman–Crippen LogP) is 2.92. The lowest BCUT2D eigenvalue weighted by Crippen LogP contribution is -2.30. The fourth-order valence-corrected chi connectivity index (χ4v) is 3.61. The van der Waals surface area contributed by atoms with E-state index in [9.17, 15) is 5.11 Å². The van der Waals surface area contributed by atoms with Crippen LogP contribution in [0.3, 0.4) is 0 Å².